The fourth-order valence-corrected chi connectivity index (χ4v) is 2.50. The molecule has 0 heterocycles. The molecule has 0 aromatic heterocycles. The van der Waals surface area contributed by atoms with E-state index in [1.807, 2.05) is 0 Å². The SMILES string of the molecule is Cc1c(-c2ccccc2)cccc1-c1ccccc1. The average molecular weight is 244 g/mol. The zero-order chi connectivity index (χ0) is 13.1. The van der Waals surface area contributed by atoms with Gasteiger partial charge >= 0.3 is 0 Å². The van der Waals surface area contributed by atoms with Gasteiger partial charge in [-0.25, -0.2) is 0 Å². The third kappa shape index (κ3) is 2.30. The van der Waals surface area contributed by atoms with Gasteiger partial charge in [0.2, 0.25) is 0 Å². The van der Waals surface area contributed by atoms with Crippen LogP contribution in [0.25, 0.3) is 22.3 Å². The molecule has 0 nitrogen and oxygen atoms in total. The van der Waals surface area contributed by atoms with E-state index >= 15 is 0 Å². The van der Waals surface area contributed by atoms with E-state index in [9.17, 15) is 0 Å². The molecule has 92 valence electrons. The van der Waals surface area contributed by atoms with Crippen LogP contribution >= 0.6 is 0 Å². The van der Waals surface area contributed by atoms with Crippen molar-refractivity contribution in [2.45, 2.75) is 6.92 Å². The van der Waals surface area contributed by atoms with Crippen LogP contribution in [-0.2, 0) is 0 Å². The number of rotatable bonds is 2. The Morgan fingerprint density at radius 2 is 0.895 bits per heavy atom. The monoisotopic (exact) mass is 244 g/mol. The van der Waals surface area contributed by atoms with Gasteiger partial charge in [0.25, 0.3) is 0 Å². The van der Waals surface area contributed by atoms with Crippen molar-refractivity contribution in [2.24, 2.45) is 0 Å². The molecule has 0 atom stereocenters. The van der Waals surface area contributed by atoms with Crippen LogP contribution in [0.15, 0.2) is 78.9 Å². The zero-order valence-electron chi connectivity index (χ0n) is 11.0. The lowest BCUT2D eigenvalue weighted by Gasteiger charge is -2.11. The summed E-state index contributed by atoms with van der Waals surface area (Å²) in [5.74, 6) is 0. The minimum Gasteiger partial charge on any atom is -0.0622 e. The molecule has 0 fully saturated rings. The van der Waals surface area contributed by atoms with E-state index in [4.69, 9.17) is 0 Å². The van der Waals surface area contributed by atoms with E-state index in [0.717, 1.165) is 0 Å². The molecule has 3 aromatic carbocycles. The summed E-state index contributed by atoms with van der Waals surface area (Å²) in [6.07, 6.45) is 0. The standard InChI is InChI=1S/C19H16/c1-15-18(16-9-4-2-5-10-16)13-8-14-19(15)17-11-6-3-7-12-17/h2-14H,1H3. The van der Waals surface area contributed by atoms with Crippen molar-refractivity contribution < 1.29 is 0 Å². The predicted molar refractivity (Wildman–Crippen MR) is 82.1 cm³/mol. The Bertz CT molecular complexity index is 609. The van der Waals surface area contributed by atoms with Gasteiger partial charge in [-0.05, 0) is 34.7 Å². The molecule has 0 spiro atoms. The quantitative estimate of drug-likeness (QED) is 0.571. The molecule has 0 N–H and O–H groups in total. The van der Waals surface area contributed by atoms with Crippen LogP contribution in [0.5, 0.6) is 0 Å². The Kier molecular flexibility index (Phi) is 3.16. The topological polar surface area (TPSA) is 0 Å². The molecular weight excluding hydrogens is 228 g/mol. The molecular formula is C19H16. The third-order valence-corrected chi connectivity index (χ3v) is 3.50. The van der Waals surface area contributed by atoms with Gasteiger partial charge in [-0.1, -0.05) is 78.9 Å². The summed E-state index contributed by atoms with van der Waals surface area (Å²) in [6.45, 7) is 2.20. The number of benzene rings is 3. The van der Waals surface area contributed by atoms with E-state index in [1.54, 1.807) is 0 Å². The molecule has 0 aliphatic rings. The second-order valence-electron chi connectivity index (χ2n) is 4.71. The van der Waals surface area contributed by atoms with Crippen molar-refractivity contribution in [2.75, 3.05) is 0 Å². The molecule has 3 rings (SSSR count). The van der Waals surface area contributed by atoms with Gasteiger partial charge in [0.15, 0.2) is 0 Å². The maximum absolute atomic E-state index is 2.20. The van der Waals surface area contributed by atoms with Gasteiger partial charge in [-0.2, -0.15) is 0 Å². The van der Waals surface area contributed by atoms with Crippen LogP contribution in [-0.4, -0.2) is 0 Å². The molecule has 0 aliphatic carbocycles. The second kappa shape index (κ2) is 5.11. The average Bonchev–Trinajstić information content (AvgIpc) is 2.49. The number of hydrogen-bond acceptors (Lipinski definition) is 0. The maximum Gasteiger partial charge on any atom is -0.0149 e. The Hall–Kier alpha value is -2.34. The lowest BCUT2D eigenvalue weighted by atomic mass is 9.93. The van der Waals surface area contributed by atoms with Crippen molar-refractivity contribution in [1.82, 2.24) is 0 Å². The molecule has 0 heteroatoms. The highest BCUT2D eigenvalue weighted by atomic mass is 14.1. The highest BCUT2D eigenvalue weighted by Crippen LogP contribution is 2.31. The highest BCUT2D eigenvalue weighted by Gasteiger charge is 2.06. The summed E-state index contributed by atoms with van der Waals surface area (Å²) in [4.78, 5) is 0. The largest absolute Gasteiger partial charge is 0.0622 e. The summed E-state index contributed by atoms with van der Waals surface area (Å²) in [5, 5.41) is 0. The third-order valence-electron chi connectivity index (χ3n) is 3.50. The Morgan fingerprint density at radius 3 is 1.32 bits per heavy atom. The summed E-state index contributed by atoms with van der Waals surface area (Å²) >= 11 is 0. The van der Waals surface area contributed by atoms with Gasteiger partial charge < -0.3 is 0 Å². The van der Waals surface area contributed by atoms with Gasteiger partial charge in [0, 0.05) is 0 Å². The van der Waals surface area contributed by atoms with Crippen molar-refractivity contribution in [3.05, 3.63) is 84.4 Å². The van der Waals surface area contributed by atoms with E-state index in [2.05, 4.69) is 85.8 Å². The van der Waals surface area contributed by atoms with Gasteiger partial charge in [-0.15, -0.1) is 0 Å². The molecule has 19 heavy (non-hydrogen) atoms. The predicted octanol–water partition coefficient (Wildman–Crippen LogP) is 5.33. The first-order valence-electron chi connectivity index (χ1n) is 6.57. The van der Waals surface area contributed by atoms with Crippen LogP contribution in [0, 0.1) is 6.92 Å². The highest BCUT2D eigenvalue weighted by molar-refractivity contribution is 5.78. The Morgan fingerprint density at radius 1 is 0.474 bits per heavy atom. The molecule has 0 saturated heterocycles. The van der Waals surface area contributed by atoms with E-state index in [-0.39, 0.29) is 0 Å². The summed E-state index contributed by atoms with van der Waals surface area (Å²) in [5.41, 5.74) is 6.50. The molecule has 0 bridgehead atoms. The lowest BCUT2D eigenvalue weighted by Crippen LogP contribution is -1.87. The van der Waals surface area contributed by atoms with E-state index in [0.29, 0.717) is 0 Å². The molecule has 0 aliphatic heterocycles. The maximum atomic E-state index is 2.20. The molecule has 0 amide bonds. The van der Waals surface area contributed by atoms with E-state index < -0.39 is 0 Å². The minimum absolute atomic E-state index is 1.28. The second-order valence-corrected chi connectivity index (χ2v) is 4.71. The smallest absolute Gasteiger partial charge is 0.0149 e. The normalized spacial score (nSPS) is 10.4. The van der Waals surface area contributed by atoms with Crippen LogP contribution in [0.4, 0.5) is 0 Å². The molecule has 0 unspecified atom stereocenters. The van der Waals surface area contributed by atoms with Gasteiger partial charge in [-0.3, -0.25) is 0 Å². The lowest BCUT2D eigenvalue weighted by molar-refractivity contribution is 1.45. The van der Waals surface area contributed by atoms with Crippen LogP contribution in [0.2, 0.25) is 0 Å². The van der Waals surface area contributed by atoms with Crippen LogP contribution in [0.3, 0.4) is 0 Å². The summed E-state index contributed by atoms with van der Waals surface area (Å²) in [6, 6.07) is 27.6. The van der Waals surface area contributed by atoms with Gasteiger partial charge in [0.05, 0.1) is 0 Å². The van der Waals surface area contributed by atoms with Crippen molar-refractivity contribution >= 4 is 0 Å². The fraction of sp³-hybridized carbons (Fsp3) is 0.0526. The van der Waals surface area contributed by atoms with Gasteiger partial charge in [0.1, 0.15) is 0 Å². The van der Waals surface area contributed by atoms with E-state index in [1.165, 1.54) is 27.8 Å². The summed E-state index contributed by atoms with van der Waals surface area (Å²) in [7, 11) is 0. The molecule has 0 saturated carbocycles. The summed E-state index contributed by atoms with van der Waals surface area (Å²) < 4.78 is 0. The first-order valence-corrected chi connectivity index (χ1v) is 6.57. The number of hydrogen-bond donors (Lipinski definition) is 0. The first kappa shape index (κ1) is 11.7. The van der Waals surface area contributed by atoms with Crippen LogP contribution < -0.4 is 0 Å². The van der Waals surface area contributed by atoms with Crippen molar-refractivity contribution in [3.8, 4) is 22.3 Å². The first-order chi connectivity index (χ1) is 9.36. The molecule has 3 aromatic rings. The minimum atomic E-state index is 1.28. The van der Waals surface area contributed by atoms with Crippen molar-refractivity contribution in [3.63, 3.8) is 0 Å². The Balaban J connectivity index is 2.15. The zero-order valence-corrected chi connectivity index (χ0v) is 11.0. The van der Waals surface area contributed by atoms with Crippen LogP contribution in [0.1, 0.15) is 5.56 Å². The Labute approximate surface area is 114 Å². The van der Waals surface area contributed by atoms with Crippen molar-refractivity contribution in [1.29, 1.82) is 0 Å². The fourth-order valence-electron chi connectivity index (χ4n) is 2.50. The molecule has 0 radical (unpaired) electrons.